The van der Waals surface area contributed by atoms with Crippen molar-refractivity contribution >= 4 is 5.91 Å². The number of rotatable bonds is 3. The number of amides is 1. The van der Waals surface area contributed by atoms with Crippen LogP contribution < -0.4 is 0 Å². The largest absolute Gasteiger partial charge is 0.381 e. The highest BCUT2D eigenvalue weighted by atomic mass is 19.3. The molecule has 0 spiro atoms. The lowest BCUT2D eigenvalue weighted by Gasteiger charge is -2.43. The van der Waals surface area contributed by atoms with Crippen molar-refractivity contribution < 1.29 is 23.0 Å². The number of halogens is 2. The lowest BCUT2D eigenvalue weighted by atomic mass is 9.79. The van der Waals surface area contributed by atoms with Crippen molar-refractivity contribution in [2.24, 2.45) is 5.41 Å². The first-order valence-corrected chi connectivity index (χ1v) is 5.79. The van der Waals surface area contributed by atoms with E-state index in [1.165, 1.54) is 4.90 Å². The summed E-state index contributed by atoms with van der Waals surface area (Å²) in [5, 5.41) is 9.19. The molecule has 0 aromatic rings. The van der Waals surface area contributed by atoms with Crippen LogP contribution in [-0.4, -0.2) is 49.8 Å². The van der Waals surface area contributed by atoms with E-state index in [4.69, 9.17) is 4.74 Å². The molecule has 0 N–H and O–H groups in total. The Morgan fingerprint density at radius 3 is 2.56 bits per heavy atom. The van der Waals surface area contributed by atoms with Crippen molar-refractivity contribution in [2.75, 3.05) is 26.3 Å². The molecule has 100 valence electrons. The average molecular weight is 260 g/mol. The van der Waals surface area contributed by atoms with Crippen LogP contribution in [0.25, 0.3) is 0 Å². The van der Waals surface area contributed by atoms with E-state index in [1.807, 2.05) is 0 Å². The zero-order valence-corrected chi connectivity index (χ0v) is 9.77. The van der Waals surface area contributed by atoms with Gasteiger partial charge in [-0.1, -0.05) is 0 Å². The third kappa shape index (κ3) is 2.44. The van der Waals surface area contributed by atoms with E-state index >= 15 is 0 Å². The van der Waals surface area contributed by atoms with Crippen LogP contribution in [-0.2, 0) is 14.3 Å². The third-order valence-electron chi connectivity index (χ3n) is 3.40. The van der Waals surface area contributed by atoms with Crippen LogP contribution >= 0.6 is 0 Å². The minimum atomic E-state index is -2.82. The maximum atomic E-state index is 12.2. The van der Waals surface area contributed by atoms with Gasteiger partial charge >= 0.3 is 6.61 Å². The number of hydrogen-bond donors (Lipinski definition) is 0. The molecule has 2 saturated heterocycles. The number of ether oxygens (including phenoxy) is 2. The Labute approximate surface area is 103 Å². The summed E-state index contributed by atoms with van der Waals surface area (Å²) in [4.78, 5) is 13.6. The number of carbonyl (C=O) groups is 1. The molecular weight excluding hydrogens is 246 g/mol. The summed E-state index contributed by atoms with van der Waals surface area (Å²) in [6, 6.07) is 2.06. The van der Waals surface area contributed by atoms with E-state index in [2.05, 4.69) is 10.8 Å². The second-order valence-electron chi connectivity index (χ2n) is 4.54. The summed E-state index contributed by atoms with van der Waals surface area (Å²) in [7, 11) is 0. The summed E-state index contributed by atoms with van der Waals surface area (Å²) >= 11 is 0. The fourth-order valence-corrected chi connectivity index (χ4v) is 2.23. The van der Waals surface area contributed by atoms with E-state index in [0.717, 1.165) is 0 Å². The van der Waals surface area contributed by atoms with Crippen LogP contribution in [0.4, 0.5) is 8.78 Å². The second kappa shape index (κ2) is 5.16. The molecule has 0 saturated carbocycles. The highest BCUT2D eigenvalue weighted by Crippen LogP contribution is 2.33. The Hall–Kier alpha value is -1.26. The summed E-state index contributed by atoms with van der Waals surface area (Å²) in [5.41, 5.74) is -1.05. The fraction of sp³-hybridized carbons (Fsp3) is 0.818. The Morgan fingerprint density at radius 2 is 2.06 bits per heavy atom. The fourth-order valence-electron chi connectivity index (χ4n) is 2.23. The highest BCUT2D eigenvalue weighted by molar-refractivity contribution is 5.86. The van der Waals surface area contributed by atoms with E-state index in [9.17, 15) is 18.8 Å². The predicted octanol–water partition coefficient (Wildman–Crippen LogP) is 0.757. The minimum absolute atomic E-state index is 0.132. The van der Waals surface area contributed by atoms with Crippen LogP contribution in [0.5, 0.6) is 0 Å². The Morgan fingerprint density at radius 1 is 1.44 bits per heavy atom. The SMILES string of the molecule is N#CC1(C(=O)N2CC(OC(F)F)C2)CCOCC1. The Balaban J connectivity index is 1.90. The van der Waals surface area contributed by atoms with Gasteiger partial charge < -0.3 is 14.4 Å². The molecule has 0 aromatic heterocycles. The van der Waals surface area contributed by atoms with Crippen molar-refractivity contribution in [1.82, 2.24) is 4.90 Å². The van der Waals surface area contributed by atoms with Crippen LogP contribution in [0.3, 0.4) is 0 Å². The molecular formula is C11H14F2N2O3. The number of hydrogen-bond acceptors (Lipinski definition) is 4. The normalized spacial score (nSPS) is 23.6. The van der Waals surface area contributed by atoms with E-state index < -0.39 is 18.1 Å². The molecule has 2 aliphatic heterocycles. The number of nitrogens with zero attached hydrogens (tertiary/aromatic N) is 2. The first-order valence-electron chi connectivity index (χ1n) is 5.79. The van der Waals surface area contributed by atoms with Gasteiger partial charge in [0.05, 0.1) is 12.2 Å². The van der Waals surface area contributed by atoms with Gasteiger partial charge in [-0.25, -0.2) is 0 Å². The highest BCUT2D eigenvalue weighted by Gasteiger charge is 2.46. The third-order valence-corrected chi connectivity index (χ3v) is 3.40. The summed E-state index contributed by atoms with van der Waals surface area (Å²) in [5.74, 6) is -0.289. The number of carbonyl (C=O) groups excluding carboxylic acids is 1. The Bertz CT molecular complexity index is 358. The van der Waals surface area contributed by atoms with Gasteiger partial charge in [-0.2, -0.15) is 14.0 Å². The van der Waals surface area contributed by atoms with Crippen molar-refractivity contribution in [2.45, 2.75) is 25.6 Å². The van der Waals surface area contributed by atoms with Gasteiger partial charge in [-0.15, -0.1) is 0 Å². The zero-order valence-electron chi connectivity index (χ0n) is 9.77. The molecule has 18 heavy (non-hydrogen) atoms. The molecule has 0 bridgehead atoms. The summed E-state index contributed by atoms with van der Waals surface area (Å²) < 4.78 is 33.3. The van der Waals surface area contributed by atoms with E-state index in [-0.39, 0.29) is 19.0 Å². The molecule has 0 aromatic carbocycles. The van der Waals surface area contributed by atoms with Gasteiger partial charge in [-0.05, 0) is 12.8 Å². The summed E-state index contributed by atoms with van der Waals surface area (Å²) in [6.45, 7) is -1.80. The smallest absolute Gasteiger partial charge is 0.345 e. The average Bonchev–Trinajstić information content (AvgIpc) is 2.33. The zero-order chi connectivity index (χ0) is 13.2. The Kier molecular flexibility index (Phi) is 3.78. The lowest BCUT2D eigenvalue weighted by Crippen LogP contribution is -2.59. The van der Waals surface area contributed by atoms with Gasteiger partial charge in [0, 0.05) is 26.3 Å². The van der Waals surface area contributed by atoms with Crippen LogP contribution in [0, 0.1) is 16.7 Å². The van der Waals surface area contributed by atoms with Crippen LogP contribution in [0.15, 0.2) is 0 Å². The van der Waals surface area contributed by atoms with Crippen LogP contribution in [0.2, 0.25) is 0 Å². The molecule has 5 nitrogen and oxygen atoms in total. The number of likely N-dealkylation sites (tertiary alicyclic amines) is 1. The second-order valence-corrected chi connectivity index (χ2v) is 4.54. The summed E-state index contributed by atoms with van der Waals surface area (Å²) in [6.07, 6.45) is 0.0998. The minimum Gasteiger partial charge on any atom is -0.381 e. The van der Waals surface area contributed by atoms with Crippen LogP contribution in [0.1, 0.15) is 12.8 Å². The van der Waals surface area contributed by atoms with Crippen molar-refractivity contribution in [3.63, 3.8) is 0 Å². The number of nitriles is 1. The van der Waals surface area contributed by atoms with E-state index in [1.54, 1.807) is 0 Å². The monoisotopic (exact) mass is 260 g/mol. The molecule has 0 atom stereocenters. The predicted molar refractivity (Wildman–Crippen MR) is 55.6 cm³/mol. The van der Waals surface area contributed by atoms with Gasteiger partial charge in [0.1, 0.15) is 5.41 Å². The quantitative estimate of drug-likeness (QED) is 0.751. The molecule has 0 aliphatic carbocycles. The molecule has 1 amide bonds. The van der Waals surface area contributed by atoms with Gasteiger partial charge in [-0.3, -0.25) is 4.79 Å². The maximum Gasteiger partial charge on any atom is 0.345 e. The van der Waals surface area contributed by atoms with Gasteiger partial charge in [0.15, 0.2) is 0 Å². The molecule has 0 radical (unpaired) electrons. The molecule has 2 rings (SSSR count). The van der Waals surface area contributed by atoms with Gasteiger partial charge in [0.25, 0.3) is 0 Å². The molecule has 2 aliphatic rings. The molecule has 7 heteroatoms. The molecule has 2 fully saturated rings. The number of alkyl halides is 2. The standard InChI is InChI=1S/C11H14F2N2O3/c12-10(13)18-8-5-15(6-8)9(16)11(7-14)1-3-17-4-2-11/h8,10H,1-6H2. The molecule has 0 unspecified atom stereocenters. The van der Waals surface area contributed by atoms with Crippen molar-refractivity contribution in [3.05, 3.63) is 0 Å². The van der Waals surface area contributed by atoms with E-state index in [0.29, 0.717) is 26.1 Å². The first kappa shape index (κ1) is 13.2. The van der Waals surface area contributed by atoms with Crippen molar-refractivity contribution in [3.8, 4) is 6.07 Å². The maximum absolute atomic E-state index is 12.2. The van der Waals surface area contributed by atoms with Gasteiger partial charge in [0.2, 0.25) is 5.91 Å². The molecule has 2 heterocycles. The lowest BCUT2D eigenvalue weighted by molar-refractivity contribution is -0.202. The first-order chi connectivity index (χ1) is 8.57. The topological polar surface area (TPSA) is 62.6 Å². The van der Waals surface area contributed by atoms with Crippen molar-refractivity contribution in [1.29, 1.82) is 5.26 Å².